The molecule has 2 aliphatic rings. The zero-order valence-electron chi connectivity index (χ0n) is 15.0. The number of sulfonamides is 1. The summed E-state index contributed by atoms with van der Waals surface area (Å²) < 4.78 is 27.4. The lowest BCUT2D eigenvalue weighted by atomic mass is 9.93. The van der Waals surface area contributed by atoms with E-state index in [-0.39, 0.29) is 29.3 Å². The summed E-state index contributed by atoms with van der Waals surface area (Å²) in [5, 5.41) is 9.87. The van der Waals surface area contributed by atoms with Gasteiger partial charge in [0.15, 0.2) is 0 Å². The highest BCUT2D eigenvalue weighted by Crippen LogP contribution is 2.27. The summed E-state index contributed by atoms with van der Waals surface area (Å²) in [4.78, 5) is 12.9. The summed E-state index contributed by atoms with van der Waals surface area (Å²) in [5.41, 5.74) is 1.03. The lowest BCUT2D eigenvalue weighted by Gasteiger charge is -2.32. The minimum Gasteiger partial charge on any atom is -0.353 e. The molecule has 0 radical (unpaired) electrons. The fourth-order valence-electron chi connectivity index (χ4n) is 3.99. The third kappa shape index (κ3) is 3.89. The summed E-state index contributed by atoms with van der Waals surface area (Å²) in [6.45, 7) is 4.11. The van der Waals surface area contributed by atoms with E-state index in [0.717, 1.165) is 32.1 Å². The number of nitrogens with zero attached hydrogens (tertiary/aromatic N) is 2. The van der Waals surface area contributed by atoms with Crippen molar-refractivity contribution >= 4 is 15.9 Å². The van der Waals surface area contributed by atoms with Crippen LogP contribution in [0.15, 0.2) is 4.90 Å². The van der Waals surface area contributed by atoms with E-state index in [1.54, 1.807) is 13.8 Å². The normalized spacial score (nSPS) is 23.5. The van der Waals surface area contributed by atoms with Crippen LogP contribution in [0.3, 0.4) is 0 Å². The van der Waals surface area contributed by atoms with Gasteiger partial charge in [0.1, 0.15) is 4.90 Å². The second-order valence-corrected chi connectivity index (χ2v) is 9.18. The number of amides is 1. The Bertz CT molecular complexity index is 703. The minimum absolute atomic E-state index is 0.00689. The number of aromatic amines is 1. The second-order valence-electron chi connectivity index (χ2n) is 7.31. The Morgan fingerprint density at radius 3 is 2.52 bits per heavy atom. The van der Waals surface area contributed by atoms with Gasteiger partial charge in [-0.15, -0.1) is 0 Å². The number of hydrogen-bond acceptors (Lipinski definition) is 4. The van der Waals surface area contributed by atoms with Gasteiger partial charge < -0.3 is 5.32 Å². The Hall–Kier alpha value is -1.41. The average molecular weight is 369 g/mol. The number of hydrogen-bond donors (Lipinski definition) is 2. The van der Waals surface area contributed by atoms with Gasteiger partial charge in [-0.2, -0.15) is 9.40 Å². The van der Waals surface area contributed by atoms with Gasteiger partial charge in [-0.1, -0.05) is 19.3 Å². The Balaban J connectivity index is 1.69. The molecule has 2 N–H and O–H groups in total. The van der Waals surface area contributed by atoms with Crippen LogP contribution in [0, 0.1) is 19.8 Å². The third-order valence-electron chi connectivity index (χ3n) is 5.36. The van der Waals surface area contributed by atoms with Crippen LogP contribution in [-0.4, -0.2) is 48.0 Å². The standard InChI is InChI=1S/C17H28N4O3S/c1-12-16(13(2)20-19-12)25(23,24)21-10-6-7-14(11-21)17(22)18-15-8-4-3-5-9-15/h14-15H,3-11H2,1-2H3,(H,18,22)(H,19,20)/t14-/m1/s1. The van der Waals surface area contributed by atoms with E-state index >= 15 is 0 Å². The molecular formula is C17H28N4O3S. The number of carbonyl (C=O) groups is 1. The van der Waals surface area contributed by atoms with Gasteiger partial charge in [0, 0.05) is 19.1 Å². The van der Waals surface area contributed by atoms with Gasteiger partial charge in [-0.3, -0.25) is 9.89 Å². The van der Waals surface area contributed by atoms with Crippen molar-refractivity contribution in [2.45, 2.75) is 69.7 Å². The largest absolute Gasteiger partial charge is 0.353 e. The van der Waals surface area contributed by atoms with Gasteiger partial charge in [-0.05, 0) is 39.5 Å². The monoisotopic (exact) mass is 368 g/mol. The Morgan fingerprint density at radius 1 is 1.16 bits per heavy atom. The molecule has 2 heterocycles. The zero-order valence-corrected chi connectivity index (χ0v) is 15.9. The molecule has 1 aliphatic heterocycles. The smallest absolute Gasteiger partial charge is 0.246 e. The molecule has 1 atom stereocenters. The molecule has 2 fully saturated rings. The molecule has 3 rings (SSSR count). The molecule has 8 heteroatoms. The maximum atomic E-state index is 13.0. The molecule has 1 aromatic rings. The number of piperidine rings is 1. The first-order chi connectivity index (χ1) is 11.9. The Morgan fingerprint density at radius 2 is 1.88 bits per heavy atom. The topological polar surface area (TPSA) is 95.2 Å². The lowest BCUT2D eigenvalue weighted by molar-refractivity contribution is -0.127. The van der Waals surface area contributed by atoms with E-state index in [9.17, 15) is 13.2 Å². The molecule has 1 amide bonds. The highest BCUT2D eigenvalue weighted by Gasteiger charge is 2.36. The van der Waals surface area contributed by atoms with Crippen molar-refractivity contribution in [2.75, 3.05) is 13.1 Å². The molecule has 0 aromatic carbocycles. The second kappa shape index (κ2) is 7.45. The van der Waals surface area contributed by atoms with E-state index in [1.807, 2.05) is 0 Å². The number of H-pyrrole nitrogens is 1. The maximum Gasteiger partial charge on any atom is 0.246 e. The Labute approximate surface area is 149 Å². The molecule has 1 aromatic heterocycles. The van der Waals surface area contributed by atoms with Crippen LogP contribution in [0.1, 0.15) is 56.3 Å². The van der Waals surface area contributed by atoms with Crippen molar-refractivity contribution in [3.05, 3.63) is 11.4 Å². The summed E-state index contributed by atoms with van der Waals surface area (Å²) >= 11 is 0. The van der Waals surface area contributed by atoms with Gasteiger partial charge in [0.05, 0.1) is 17.3 Å². The molecule has 140 valence electrons. The fraction of sp³-hybridized carbons (Fsp3) is 0.765. The molecule has 0 unspecified atom stereocenters. The molecule has 25 heavy (non-hydrogen) atoms. The van der Waals surface area contributed by atoms with Gasteiger partial charge >= 0.3 is 0 Å². The number of rotatable bonds is 4. The van der Waals surface area contributed by atoms with Crippen LogP contribution in [0.2, 0.25) is 0 Å². The predicted octanol–water partition coefficient (Wildman–Crippen LogP) is 1.88. The predicted molar refractivity (Wildman–Crippen MR) is 94.6 cm³/mol. The Kier molecular flexibility index (Phi) is 5.48. The van der Waals surface area contributed by atoms with Crippen LogP contribution in [-0.2, 0) is 14.8 Å². The van der Waals surface area contributed by atoms with E-state index < -0.39 is 10.0 Å². The van der Waals surface area contributed by atoms with Crippen molar-refractivity contribution in [1.29, 1.82) is 0 Å². The highest BCUT2D eigenvalue weighted by molar-refractivity contribution is 7.89. The molecule has 0 bridgehead atoms. The van der Waals surface area contributed by atoms with Crippen molar-refractivity contribution in [3.63, 3.8) is 0 Å². The van der Waals surface area contributed by atoms with Crippen molar-refractivity contribution in [1.82, 2.24) is 19.8 Å². The summed E-state index contributed by atoms with van der Waals surface area (Å²) in [7, 11) is -3.62. The van der Waals surface area contributed by atoms with E-state index in [0.29, 0.717) is 24.4 Å². The van der Waals surface area contributed by atoms with Gasteiger partial charge in [0.2, 0.25) is 15.9 Å². The van der Waals surface area contributed by atoms with Crippen LogP contribution in [0.5, 0.6) is 0 Å². The fourth-order valence-corrected chi connectivity index (χ4v) is 5.85. The third-order valence-corrected chi connectivity index (χ3v) is 7.49. The highest BCUT2D eigenvalue weighted by atomic mass is 32.2. The number of nitrogens with one attached hydrogen (secondary N) is 2. The van der Waals surface area contributed by atoms with Crippen molar-refractivity contribution in [3.8, 4) is 0 Å². The van der Waals surface area contributed by atoms with Crippen LogP contribution < -0.4 is 5.32 Å². The van der Waals surface area contributed by atoms with Gasteiger partial charge in [-0.25, -0.2) is 8.42 Å². The maximum absolute atomic E-state index is 13.0. The van der Waals surface area contributed by atoms with E-state index in [1.165, 1.54) is 10.7 Å². The van der Waals surface area contributed by atoms with E-state index in [2.05, 4.69) is 15.5 Å². The quantitative estimate of drug-likeness (QED) is 0.848. The first kappa shape index (κ1) is 18.4. The number of aryl methyl sites for hydroxylation is 2. The van der Waals surface area contributed by atoms with Crippen LogP contribution in [0.25, 0.3) is 0 Å². The van der Waals surface area contributed by atoms with Crippen LogP contribution >= 0.6 is 0 Å². The first-order valence-electron chi connectivity index (χ1n) is 9.21. The molecule has 1 saturated heterocycles. The van der Waals surface area contributed by atoms with Crippen LogP contribution in [0.4, 0.5) is 0 Å². The molecule has 1 saturated carbocycles. The molecule has 1 aliphatic carbocycles. The van der Waals surface area contributed by atoms with E-state index in [4.69, 9.17) is 0 Å². The summed E-state index contributed by atoms with van der Waals surface area (Å²) in [6.07, 6.45) is 7.09. The minimum atomic E-state index is -3.62. The number of aromatic nitrogens is 2. The lowest BCUT2D eigenvalue weighted by Crippen LogP contribution is -2.48. The summed E-state index contributed by atoms with van der Waals surface area (Å²) in [6, 6.07) is 0.256. The SMILES string of the molecule is Cc1n[nH]c(C)c1S(=O)(=O)N1CCC[C@@H](C(=O)NC2CCCCC2)C1. The first-order valence-corrected chi connectivity index (χ1v) is 10.7. The average Bonchev–Trinajstić information content (AvgIpc) is 2.95. The van der Waals surface area contributed by atoms with Crippen molar-refractivity contribution < 1.29 is 13.2 Å². The zero-order chi connectivity index (χ0) is 18.0. The van der Waals surface area contributed by atoms with Gasteiger partial charge in [0.25, 0.3) is 0 Å². The molecule has 7 nitrogen and oxygen atoms in total. The molecule has 0 spiro atoms. The molecular weight excluding hydrogens is 340 g/mol. The summed E-state index contributed by atoms with van der Waals surface area (Å²) in [5.74, 6) is -0.259. The number of carbonyl (C=O) groups excluding carboxylic acids is 1. The van der Waals surface area contributed by atoms with Crippen molar-refractivity contribution in [2.24, 2.45) is 5.92 Å².